The van der Waals surface area contributed by atoms with Crippen LogP contribution in [0.3, 0.4) is 0 Å². The number of hydrogen-bond acceptors (Lipinski definition) is 6. The number of hydrogen-bond donors (Lipinski definition) is 1. The fraction of sp³-hybridized carbons (Fsp3) is 0.556. The van der Waals surface area contributed by atoms with E-state index >= 15 is 0 Å². The molecule has 29 heavy (non-hydrogen) atoms. The van der Waals surface area contributed by atoms with Gasteiger partial charge in [0.05, 0.1) is 29.2 Å². The minimum Gasteiger partial charge on any atom is -0.355 e. The Morgan fingerprint density at radius 1 is 1.17 bits per heavy atom. The summed E-state index contributed by atoms with van der Waals surface area (Å²) in [6.07, 6.45) is 2.28. The summed E-state index contributed by atoms with van der Waals surface area (Å²) in [7, 11) is -6.27. The van der Waals surface area contributed by atoms with E-state index in [1.807, 2.05) is 6.92 Å². The number of fused-ring (bicyclic) bond motifs is 1. The monoisotopic (exact) mass is 443 g/mol. The second-order valence-electron chi connectivity index (χ2n) is 7.36. The normalized spacial score (nSPS) is 25.3. The molecule has 2 aliphatic rings. The highest BCUT2D eigenvalue weighted by atomic mass is 32.2. The van der Waals surface area contributed by atoms with E-state index in [9.17, 15) is 26.4 Å². The topological polar surface area (TPSA) is 121 Å². The highest BCUT2D eigenvalue weighted by Crippen LogP contribution is 2.42. The number of benzene rings is 1. The quantitative estimate of drug-likeness (QED) is 0.679. The molecule has 0 unspecified atom stereocenters. The van der Waals surface area contributed by atoms with Gasteiger partial charge in [-0.1, -0.05) is 13.3 Å². The molecule has 11 heteroatoms. The maximum atomic E-state index is 13.3. The first-order valence-electron chi connectivity index (χ1n) is 9.41. The highest BCUT2D eigenvalue weighted by molar-refractivity contribution is 7.89. The molecule has 2 aliphatic heterocycles. The summed E-state index contributed by atoms with van der Waals surface area (Å²) in [6, 6.07) is 4.15. The number of sulfonamides is 2. The molecule has 1 aromatic carbocycles. The van der Waals surface area contributed by atoms with Crippen LogP contribution in [0.4, 0.5) is 0 Å². The summed E-state index contributed by atoms with van der Waals surface area (Å²) >= 11 is 0. The van der Waals surface area contributed by atoms with Crippen LogP contribution in [0.5, 0.6) is 0 Å². The van der Waals surface area contributed by atoms with E-state index in [1.165, 1.54) is 35.6 Å². The Balaban J connectivity index is 1.98. The van der Waals surface area contributed by atoms with Gasteiger partial charge < -0.3 is 5.32 Å². The second kappa shape index (κ2) is 7.69. The molecule has 9 nitrogen and oxygen atoms in total. The molecule has 0 aliphatic carbocycles. The SMILES string of the molecule is CCC[C@H]1C(=O)N(S(C)(=O)=O)[C@H]2CCN(S(=O)(=O)c3ccc(C(=O)NC)cc3)[C@H]12. The van der Waals surface area contributed by atoms with Crippen LogP contribution >= 0.6 is 0 Å². The Bertz CT molecular complexity index is 1020. The molecule has 0 aromatic heterocycles. The van der Waals surface area contributed by atoms with Crippen molar-refractivity contribution in [2.45, 2.75) is 43.2 Å². The van der Waals surface area contributed by atoms with Crippen molar-refractivity contribution in [1.29, 1.82) is 0 Å². The Morgan fingerprint density at radius 3 is 2.31 bits per heavy atom. The van der Waals surface area contributed by atoms with Crippen molar-refractivity contribution in [3.8, 4) is 0 Å². The number of carbonyl (C=O) groups excluding carboxylic acids is 2. The fourth-order valence-corrected chi connectivity index (χ4v) is 7.21. The third-order valence-electron chi connectivity index (χ3n) is 5.53. The molecule has 1 N–H and O–H groups in total. The van der Waals surface area contributed by atoms with Crippen molar-refractivity contribution in [3.63, 3.8) is 0 Å². The molecule has 0 radical (unpaired) electrons. The Kier molecular flexibility index (Phi) is 5.76. The van der Waals surface area contributed by atoms with Crippen LogP contribution in [-0.2, 0) is 24.8 Å². The lowest BCUT2D eigenvalue weighted by Gasteiger charge is -2.26. The molecular weight excluding hydrogens is 418 g/mol. The largest absolute Gasteiger partial charge is 0.355 e. The van der Waals surface area contributed by atoms with Crippen LogP contribution in [0.2, 0.25) is 0 Å². The van der Waals surface area contributed by atoms with Crippen LogP contribution in [0.15, 0.2) is 29.2 Å². The first kappa shape index (κ1) is 21.7. The van der Waals surface area contributed by atoms with Gasteiger partial charge in [-0.2, -0.15) is 4.31 Å². The van der Waals surface area contributed by atoms with Gasteiger partial charge in [0.2, 0.25) is 26.0 Å². The minimum absolute atomic E-state index is 0.00584. The Hall–Kier alpha value is -1.98. The fourth-order valence-electron chi connectivity index (χ4n) is 4.32. The van der Waals surface area contributed by atoms with Crippen LogP contribution in [0.25, 0.3) is 0 Å². The number of nitrogens with zero attached hydrogens (tertiary/aromatic N) is 2. The lowest BCUT2D eigenvalue weighted by Crippen LogP contribution is -2.43. The molecule has 3 rings (SSSR count). The van der Waals surface area contributed by atoms with Gasteiger partial charge in [0, 0.05) is 19.2 Å². The molecule has 0 saturated carbocycles. The zero-order valence-electron chi connectivity index (χ0n) is 16.5. The Labute approximate surface area is 171 Å². The zero-order chi connectivity index (χ0) is 21.6. The van der Waals surface area contributed by atoms with Crippen LogP contribution in [0, 0.1) is 5.92 Å². The van der Waals surface area contributed by atoms with Crippen molar-refractivity contribution in [2.24, 2.45) is 5.92 Å². The van der Waals surface area contributed by atoms with Crippen molar-refractivity contribution in [1.82, 2.24) is 13.9 Å². The second-order valence-corrected chi connectivity index (χ2v) is 11.1. The van der Waals surface area contributed by atoms with Crippen LogP contribution in [-0.4, -0.2) is 69.2 Å². The summed E-state index contributed by atoms with van der Waals surface area (Å²) in [5, 5.41) is 2.47. The number of amides is 2. The molecule has 0 bridgehead atoms. The lowest BCUT2D eigenvalue weighted by atomic mass is 9.95. The molecule has 2 amide bonds. The third-order valence-corrected chi connectivity index (χ3v) is 8.60. The standard InChI is InChI=1S/C18H25N3O6S2/c1-4-5-14-16-15(21(18(14)23)28(3,24)25)10-11-20(16)29(26,27)13-8-6-12(7-9-13)17(22)19-2/h6-9,14-16H,4-5,10-11H2,1-3H3,(H,19,22)/t14-,15+,16-/m1/s1. The number of rotatable bonds is 6. The van der Waals surface area contributed by atoms with Gasteiger partial charge in [-0.15, -0.1) is 0 Å². The van der Waals surface area contributed by atoms with E-state index in [-0.39, 0.29) is 23.8 Å². The van der Waals surface area contributed by atoms with Gasteiger partial charge in [0.25, 0.3) is 5.91 Å². The third kappa shape index (κ3) is 3.66. The van der Waals surface area contributed by atoms with Crippen molar-refractivity contribution in [3.05, 3.63) is 29.8 Å². The van der Waals surface area contributed by atoms with E-state index in [2.05, 4.69) is 5.32 Å². The highest BCUT2D eigenvalue weighted by Gasteiger charge is 2.58. The Morgan fingerprint density at radius 2 is 1.79 bits per heavy atom. The number of nitrogens with one attached hydrogen (secondary N) is 1. The first-order chi connectivity index (χ1) is 13.5. The van der Waals surface area contributed by atoms with Crippen LogP contribution in [0.1, 0.15) is 36.5 Å². The summed E-state index contributed by atoms with van der Waals surface area (Å²) in [5.74, 6) is -1.55. The lowest BCUT2D eigenvalue weighted by molar-refractivity contribution is -0.128. The minimum atomic E-state index is -3.96. The van der Waals surface area contributed by atoms with Crippen molar-refractivity contribution >= 4 is 31.9 Å². The van der Waals surface area contributed by atoms with Gasteiger partial charge in [-0.3, -0.25) is 9.59 Å². The van der Waals surface area contributed by atoms with Gasteiger partial charge in [0.15, 0.2) is 0 Å². The summed E-state index contributed by atoms with van der Waals surface area (Å²) in [5.41, 5.74) is 0.328. The predicted molar refractivity (Wildman–Crippen MR) is 106 cm³/mol. The average Bonchev–Trinajstić information content (AvgIpc) is 3.19. The van der Waals surface area contributed by atoms with Gasteiger partial charge in [0.1, 0.15) is 0 Å². The maximum Gasteiger partial charge on any atom is 0.251 e. The molecule has 160 valence electrons. The van der Waals surface area contributed by atoms with Gasteiger partial charge in [-0.25, -0.2) is 21.1 Å². The average molecular weight is 444 g/mol. The van der Waals surface area contributed by atoms with E-state index in [4.69, 9.17) is 0 Å². The van der Waals surface area contributed by atoms with Crippen molar-refractivity contribution < 1.29 is 26.4 Å². The van der Waals surface area contributed by atoms with Crippen molar-refractivity contribution in [2.75, 3.05) is 19.8 Å². The van der Waals surface area contributed by atoms with Gasteiger partial charge >= 0.3 is 0 Å². The molecule has 2 saturated heterocycles. The van der Waals surface area contributed by atoms with E-state index < -0.39 is 44.0 Å². The van der Waals surface area contributed by atoms with E-state index in [1.54, 1.807) is 0 Å². The summed E-state index contributed by atoms with van der Waals surface area (Å²) in [4.78, 5) is 24.5. The molecule has 3 atom stereocenters. The van der Waals surface area contributed by atoms with E-state index in [0.29, 0.717) is 18.4 Å². The zero-order valence-corrected chi connectivity index (χ0v) is 18.2. The molecule has 1 aromatic rings. The van der Waals surface area contributed by atoms with E-state index in [0.717, 1.165) is 10.6 Å². The predicted octanol–water partition coefficient (Wildman–Crippen LogP) is 0.396. The smallest absolute Gasteiger partial charge is 0.251 e. The maximum absolute atomic E-state index is 13.3. The van der Waals surface area contributed by atoms with Crippen LogP contribution < -0.4 is 5.32 Å². The van der Waals surface area contributed by atoms with Gasteiger partial charge in [-0.05, 0) is 37.1 Å². The molecule has 2 fully saturated rings. The summed E-state index contributed by atoms with van der Waals surface area (Å²) < 4.78 is 53.1. The molecule has 2 heterocycles. The first-order valence-corrected chi connectivity index (χ1v) is 12.7. The summed E-state index contributed by atoms with van der Waals surface area (Å²) in [6.45, 7) is 2.01. The molecule has 0 spiro atoms. The molecular formula is C18H25N3O6S2. The number of carbonyl (C=O) groups is 2.